The molecule has 3 rings (SSSR count). The first-order valence-electron chi connectivity index (χ1n) is 9.84. The summed E-state index contributed by atoms with van der Waals surface area (Å²) in [6.07, 6.45) is 3.50. The molecule has 0 bridgehead atoms. The number of carbonyl (C=O) groups excluding carboxylic acids is 2. The van der Waals surface area contributed by atoms with Crippen molar-refractivity contribution in [1.82, 2.24) is 4.98 Å². The maximum absolute atomic E-state index is 14.6. The summed E-state index contributed by atoms with van der Waals surface area (Å²) in [4.78, 5) is 33.7. The summed E-state index contributed by atoms with van der Waals surface area (Å²) in [5, 5.41) is 5.94. The Morgan fingerprint density at radius 3 is 2.65 bits per heavy atom. The third-order valence-electron chi connectivity index (χ3n) is 5.00. The van der Waals surface area contributed by atoms with Crippen molar-refractivity contribution in [3.8, 4) is 0 Å². The molecule has 0 fully saturated rings. The summed E-state index contributed by atoms with van der Waals surface area (Å²) >= 11 is 1.44. The van der Waals surface area contributed by atoms with Crippen LogP contribution in [0.2, 0.25) is 0 Å². The van der Waals surface area contributed by atoms with E-state index in [9.17, 15) is 14.0 Å². The zero-order valence-electron chi connectivity index (χ0n) is 18.0. The molecule has 2 aromatic rings. The molecule has 9 heteroatoms. The molecule has 0 saturated heterocycles. The Balaban J connectivity index is 1.87. The number of anilines is 2. The number of nitrogens with zero attached hydrogens (tertiary/aromatic N) is 2. The summed E-state index contributed by atoms with van der Waals surface area (Å²) in [6, 6.07) is 5.92. The van der Waals surface area contributed by atoms with E-state index in [0.29, 0.717) is 28.5 Å². The van der Waals surface area contributed by atoms with Crippen LogP contribution >= 0.6 is 11.8 Å². The Labute approximate surface area is 185 Å². The van der Waals surface area contributed by atoms with E-state index in [1.54, 1.807) is 32.9 Å². The summed E-state index contributed by atoms with van der Waals surface area (Å²) < 4.78 is 14.6. The van der Waals surface area contributed by atoms with Gasteiger partial charge in [0.15, 0.2) is 5.17 Å². The van der Waals surface area contributed by atoms with Crippen LogP contribution in [0.15, 0.2) is 41.7 Å². The van der Waals surface area contributed by atoms with Gasteiger partial charge in [0, 0.05) is 34.8 Å². The van der Waals surface area contributed by atoms with Gasteiger partial charge in [0.1, 0.15) is 5.82 Å². The fraction of sp³-hybridized carbons (Fsp3) is 0.364. The van der Waals surface area contributed by atoms with E-state index in [1.807, 2.05) is 6.92 Å². The van der Waals surface area contributed by atoms with E-state index in [0.717, 1.165) is 5.75 Å². The van der Waals surface area contributed by atoms with Crippen LogP contribution in [0.4, 0.5) is 15.8 Å². The number of nitrogens with one attached hydrogen (secondary N) is 2. The monoisotopic (exact) mass is 443 g/mol. The fourth-order valence-electron chi connectivity index (χ4n) is 3.09. The standard InChI is InChI=1S/C22H26FN5O2S/c1-21(2,3)19(30)27-17-7-9-25-12-14(17)18(29)26-13-5-6-16(23)15(11-13)22(4)8-10-31-20(24)28-22/h5-7,9,11-12H,8,10H2,1-4H3,(H2,24,28)(H,26,29)(H,25,27,30). The lowest BCUT2D eigenvalue weighted by Crippen LogP contribution is -2.30. The normalized spacial score (nSPS) is 18.8. The van der Waals surface area contributed by atoms with Crippen LogP contribution in [0.5, 0.6) is 0 Å². The van der Waals surface area contributed by atoms with E-state index >= 15 is 0 Å². The van der Waals surface area contributed by atoms with Gasteiger partial charge in [0.05, 0.1) is 16.8 Å². The van der Waals surface area contributed by atoms with Gasteiger partial charge in [-0.3, -0.25) is 19.6 Å². The number of thioether (sulfide) groups is 1. The number of amides is 2. The third-order valence-corrected chi connectivity index (χ3v) is 5.79. The Morgan fingerprint density at radius 2 is 1.97 bits per heavy atom. The van der Waals surface area contributed by atoms with Crippen molar-refractivity contribution >= 4 is 40.1 Å². The largest absolute Gasteiger partial charge is 0.379 e. The van der Waals surface area contributed by atoms with Crippen LogP contribution in [0, 0.1) is 11.2 Å². The third kappa shape index (κ3) is 5.22. The topological polar surface area (TPSA) is 109 Å². The van der Waals surface area contributed by atoms with Crippen LogP contribution in [0.25, 0.3) is 0 Å². The van der Waals surface area contributed by atoms with Gasteiger partial charge in [0.25, 0.3) is 5.91 Å². The van der Waals surface area contributed by atoms with Gasteiger partial charge in [0.2, 0.25) is 5.91 Å². The summed E-state index contributed by atoms with van der Waals surface area (Å²) in [5.41, 5.74) is 5.75. The maximum atomic E-state index is 14.6. The summed E-state index contributed by atoms with van der Waals surface area (Å²) in [6.45, 7) is 7.17. The van der Waals surface area contributed by atoms with Gasteiger partial charge in [-0.1, -0.05) is 32.5 Å². The molecule has 0 spiro atoms. The average Bonchev–Trinajstić information content (AvgIpc) is 2.68. The number of pyridine rings is 1. The predicted octanol–water partition coefficient (Wildman–Crippen LogP) is 4.12. The predicted molar refractivity (Wildman–Crippen MR) is 123 cm³/mol. The number of carbonyl (C=O) groups is 2. The SMILES string of the molecule is CC(C)(C)C(=O)Nc1ccncc1C(=O)Nc1ccc(F)c(C2(C)CCSC(N)=N2)c1. The molecule has 0 aliphatic carbocycles. The minimum absolute atomic E-state index is 0.202. The molecule has 164 valence electrons. The molecule has 1 unspecified atom stereocenters. The lowest BCUT2D eigenvalue weighted by molar-refractivity contribution is -0.123. The molecule has 1 atom stereocenters. The summed E-state index contributed by atoms with van der Waals surface area (Å²) in [5.74, 6) is -0.380. The van der Waals surface area contributed by atoms with Gasteiger partial charge in [-0.05, 0) is 37.6 Å². The maximum Gasteiger partial charge on any atom is 0.259 e. The van der Waals surface area contributed by atoms with E-state index < -0.39 is 22.7 Å². The number of amidine groups is 1. The van der Waals surface area contributed by atoms with Crippen molar-refractivity contribution < 1.29 is 14.0 Å². The van der Waals surface area contributed by atoms with Gasteiger partial charge in [-0.25, -0.2) is 4.39 Å². The number of rotatable bonds is 4. The van der Waals surface area contributed by atoms with E-state index in [-0.39, 0.29) is 11.5 Å². The highest BCUT2D eigenvalue weighted by Gasteiger charge is 2.32. The first-order valence-corrected chi connectivity index (χ1v) is 10.8. The number of halogens is 1. The smallest absolute Gasteiger partial charge is 0.259 e. The Kier molecular flexibility index (Phi) is 6.35. The quantitative estimate of drug-likeness (QED) is 0.658. The van der Waals surface area contributed by atoms with E-state index in [2.05, 4.69) is 20.6 Å². The highest BCUT2D eigenvalue weighted by Crippen LogP contribution is 2.37. The second kappa shape index (κ2) is 8.66. The molecule has 31 heavy (non-hydrogen) atoms. The number of hydrogen-bond acceptors (Lipinski definition) is 6. The molecule has 2 heterocycles. The van der Waals surface area contributed by atoms with Crippen molar-refractivity contribution in [3.63, 3.8) is 0 Å². The van der Waals surface area contributed by atoms with Crippen LogP contribution in [0.1, 0.15) is 50.0 Å². The van der Waals surface area contributed by atoms with Crippen LogP contribution in [0.3, 0.4) is 0 Å². The number of aromatic nitrogens is 1. The van der Waals surface area contributed by atoms with Crippen molar-refractivity contribution in [1.29, 1.82) is 0 Å². The van der Waals surface area contributed by atoms with Crippen LogP contribution in [-0.4, -0.2) is 27.7 Å². The van der Waals surface area contributed by atoms with Crippen LogP contribution < -0.4 is 16.4 Å². The molecular formula is C22H26FN5O2S. The molecule has 1 aromatic heterocycles. The highest BCUT2D eigenvalue weighted by molar-refractivity contribution is 8.13. The van der Waals surface area contributed by atoms with E-state index in [1.165, 1.54) is 36.3 Å². The zero-order valence-corrected chi connectivity index (χ0v) is 18.8. The molecular weight excluding hydrogens is 417 g/mol. The number of aliphatic imine (C=N–C) groups is 1. The number of nitrogens with two attached hydrogens (primary N) is 1. The Bertz CT molecular complexity index is 1050. The van der Waals surface area contributed by atoms with Gasteiger partial charge >= 0.3 is 0 Å². The number of benzene rings is 1. The van der Waals surface area contributed by atoms with Gasteiger partial charge < -0.3 is 16.4 Å². The van der Waals surface area contributed by atoms with E-state index in [4.69, 9.17) is 5.73 Å². The molecule has 0 radical (unpaired) electrons. The second-order valence-corrected chi connectivity index (χ2v) is 9.71. The highest BCUT2D eigenvalue weighted by atomic mass is 32.2. The minimum atomic E-state index is -0.805. The fourth-order valence-corrected chi connectivity index (χ4v) is 4.06. The molecule has 0 saturated carbocycles. The van der Waals surface area contributed by atoms with Crippen molar-refractivity contribution in [2.24, 2.45) is 16.1 Å². The Morgan fingerprint density at radius 1 is 1.23 bits per heavy atom. The first kappa shape index (κ1) is 22.7. The van der Waals surface area contributed by atoms with Gasteiger partial charge in [-0.2, -0.15) is 0 Å². The average molecular weight is 444 g/mol. The molecule has 1 aliphatic rings. The lowest BCUT2D eigenvalue weighted by atomic mass is 9.89. The first-order chi connectivity index (χ1) is 14.5. The Hall–Kier alpha value is -2.94. The van der Waals surface area contributed by atoms with Crippen molar-refractivity contribution in [2.75, 3.05) is 16.4 Å². The van der Waals surface area contributed by atoms with Gasteiger partial charge in [-0.15, -0.1) is 0 Å². The minimum Gasteiger partial charge on any atom is -0.379 e. The molecule has 1 aromatic carbocycles. The summed E-state index contributed by atoms with van der Waals surface area (Å²) in [7, 11) is 0. The lowest BCUT2D eigenvalue weighted by Gasteiger charge is -2.30. The molecule has 2 amide bonds. The molecule has 1 aliphatic heterocycles. The molecule has 7 nitrogen and oxygen atoms in total. The zero-order chi connectivity index (χ0) is 22.8. The second-order valence-electron chi connectivity index (χ2n) is 8.60. The van der Waals surface area contributed by atoms with Crippen LogP contribution in [-0.2, 0) is 10.3 Å². The van der Waals surface area contributed by atoms with Crippen molar-refractivity contribution in [3.05, 3.63) is 53.6 Å². The van der Waals surface area contributed by atoms with Crippen molar-refractivity contribution in [2.45, 2.75) is 39.7 Å². The molecule has 4 N–H and O–H groups in total. The number of hydrogen-bond donors (Lipinski definition) is 3.